The van der Waals surface area contributed by atoms with Crippen molar-refractivity contribution in [3.63, 3.8) is 0 Å². The molecule has 2 aliphatic rings. The third kappa shape index (κ3) is 4.09. The standard InChI is InChI=1S/C22H23Cl2FN2O2/c1-29-20-4-2-3-17(21(20)24)22(28)27-10-9-26-12-15(5-7-16(26)13-27)14-6-8-19(25)18(23)11-14/h2-4,6,8,11,15-16H,5,7,9-10,12-13H2,1H3. The fraction of sp³-hybridized carbons (Fsp3) is 0.409. The van der Waals surface area contributed by atoms with Gasteiger partial charge in [-0.15, -0.1) is 0 Å². The fourth-order valence-corrected chi connectivity index (χ4v) is 4.87. The lowest BCUT2D eigenvalue weighted by Gasteiger charge is -2.46. The molecule has 0 spiro atoms. The molecule has 0 aliphatic carbocycles. The topological polar surface area (TPSA) is 32.8 Å². The van der Waals surface area contributed by atoms with E-state index in [0.29, 0.717) is 41.4 Å². The van der Waals surface area contributed by atoms with Crippen LogP contribution in [0.15, 0.2) is 36.4 Å². The molecule has 2 aromatic carbocycles. The van der Waals surface area contributed by atoms with Crippen LogP contribution in [0.3, 0.4) is 0 Å². The zero-order valence-electron chi connectivity index (χ0n) is 16.2. The molecule has 0 bridgehead atoms. The Morgan fingerprint density at radius 3 is 2.72 bits per heavy atom. The number of amides is 1. The van der Waals surface area contributed by atoms with E-state index in [2.05, 4.69) is 4.90 Å². The molecule has 29 heavy (non-hydrogen) atoms. The number of methoxy groups -OCH3 is 1. The van der Waals surface area contributed by atoms with Crippen LogP contribution in [0, 0.1) is 5.82 Å². The Balaban J connectivity index is 1.43. The molecule has 2 saturated heterocycles. The van der Waals surface area contributed by atoms with Gasteiger partial charge in [0.25, 0.3) is 5.91 Å². The Morgan fingerprint density at radius 2 is 1.97 bits per heavy atom. The van der Waals surface area contributed by atoms with Crippen LogP contribution in [0.5, 0.6) is 5.75 Å². The van der Waals surface area contributed by atoms with Gasteiger partial charge in [-0.2, -0.15) is 0 Å². The summed E-state index contributed by atoms with van der Waals surface area (Å²) in [5.74, 6) is 0.405. The average molecular weight is 437 g/mol. The van der Waals surface area contributed by atoms with Crippen molar-refractivity contribution in [3.8, 4) is 5.75 Å². The van der Waals surface area contributed by atoms with Crippen LogP contribution in [-0.4, -0.2) is 55.0 Å². The Labute approximate surface area is 180 Å². The number of piperidine rings is 1. The van der Waals surface area contributed by atoms with Gasteiger partial charge in [0.05, 0.1) is 22.7 Å². The molecular formula is C22H23Cl2FN2O2. The number of rotatable bonds is 3. The second-order valence-corrected chi connectivity index (χ2v) is 8.45. The lowest BCUT2D eigenvalue weighted by molar-refractivity contribution is 0.0329. The lowest BCUT2D eigenvalue weighted by Crippen LogP contribution is -2.57. The molecule has 4 nitrogen and oxygen atoms in total. The molecule has 2 atom stereocenters. The Hall–Kier alpha value is -1.82. The monoisotopic (exact) mass is 436 g/mol. The lowest BCUT2D eigenvalue weighted by atomic mass is 9.86. The largest absolute Gasteiger partial charge is 0.495 e. The van der Waals surface area contributed by atoms with Crippen LogP contribution in [0.2, 0.25) is 10.0 Å². The van der Waals surface area contributed by atoms with Gasteiger partial charge in [-0.05, 0) is 48.6 Å². The van der Waals surface area contributed by atoms with Crippen LogP contribution in [-0.2, 0) is 0 Å². The quantitative estimate of drug-likeness (QED) is 0.689. The van der Waals surface area contributed by atoms with Crippen molar-refractivity contribution in [2.24, 2.45) is 0 Å². The Kier molecular flexibility index (Phi) is 6.00. The normalized spacial score (nSPS) is 22.3. The van der Waals surface area contributed by atoms with Crippen LogP contribution >= 0.6 is 23.2 Å². The number of carbonyl (C=O) groups excluding carboxylic acids is 1. The van der Waals surface area contributed by atoms with Crippen LogP contribution < -0.4 is 4.74 Å². The highest BCUT2D eigenvalue weighted by atomic mass is 35.5. The number of fused-ring (bicyclic) bond motifs is 1. The Bertz CT molecular complexity index is 924. The maximum atomic E-state index is 13.5. The summed E-state index contributed by atoms with van der Waals surface area (Å²) >= 11 is 12.3. The fourth-order valence-electron chi connectivity index (χ4n) is 4.40. The summed E-state index contributed by atoms with van der Waals surface area (Å²) < 4.78 is 18.7. The van der Waals surface area contributed by atoms with Gasteiger partial charge in [0, 0.05) is 32.2 Å². The molecule has 0 saturated carbocycles. The van der Waals surface area contributed by atoms with E-state index < -0.39 is 0 Å². The third-order valence-electron chi connectivity index (χ3n) is 6.02. The summed E-state index contributed by atoms with van der Waals surface area (Å²) in [6.07, 6.45) is 1.97. The number of ether oxygens (including phenoxy) is 1. The number of hydrogen-bond acceptors (Lipinski definition) is 3. The first-order valence-corrected chi connectivity index (χ1v) is 10.5. The number of nitrogens with zero attached hydrogens (tertiary/aromatic N) is 2. The van der Waals surface area contributed by atoms with E-state index in [1.165, 1.54) is 6.07 Å². The molecule has 154 valence electrons. The number of piperazine rings is 1. The second-order valence-electron chi connectivity index (χ2n) is 7.67. The Morgan fingerprint density at radius 1 is 1.14 bits per heavy atom. The maximum Gasteiger partial charge on any atom is 0.255 e. The van der Waals surface area contributed by atoms with E-state index in [-0.39, 0.29) is 16.7 Å². The molecule has 0 aromatic heterocycles. The SMILES string of the molecule is COc1cccc(C(=O)N2CCN3CC(c4ccc(F)c(Cl)c4)CCC3C2)c1Cl. The van der Waals surface area contributed by atoms with Gasteiger partial charge in [0.2, 0.25) is 0 Å². The smallest absolute Gasteiger partial charge is 0.255 e. The number of carbonyl (C=O) groups is 1. The molecule has 2 aliphatic heterocycles. The maximum absolute atomic E-state index is 13.5. The summed E-state index contributed by atoms with van der Waals surface area (Å²) in [6.45, 7) is 3.04. The first-order chi connectivity index (χ1) is 14.0. The molecule has 7 heteroatoms. The third-order valence-corrected chi connectivity index (χ3v) is 6.70. The zero-order valence-corrected chi connectivity index (χ0v) is 17.7. The van der Waals surface area contributed by atoms with E-state index in [9.17, 15) is 9.18 Å². The number of benzene rings is 2. The summed E-state index contributed by atoms with van der Waals surface area (Å²) in [7, 11) is 1.54. The molecule has 2 fully saturated rings. The minimum Gasteiger partial charge on any atom is -0.495 e. The van der Waals surface area contributed by atoms with Crippen LogP contribution in [0.25, 0.3) is 0 Å². The van der Waals surface area contributed by atoms with Crippen LogP contribution in [0.1, 0.15) is 34.7 Å². The summed E-state index contributed by atoms with van der Waals surface area (Å²) in [5.41, 5.74) is 1.56. The van der Waals surface area contributed by atoms with Gasteiger partial charge in [0.1, 0.15) is 11.6 Å². The van der Waals surface area contributed by atoms with Crippen molar-refractivity contribution in [3.05, 3.63) is 63.4 Å². The van der Waals surface area contributed by atoms with Crippen molar-refractivity contribution >= 4 is 29.1 Å². The summed E-state index contributed by atoms with van der Waals surface area (Å²) in [5, 5.41) is 0.537. The van der Waals surface area contributed by atoms with E-state index in [0.717, 1.165) is 31.5 Å². The van der Waals surface area contributed by atoms with E-state index in [4.69, 9.17) is 27.9 Å². The second kappa shape index (κ2) is 8.50. The van der Waals surface area contributed by atoms with Crippen LogP contribution in [0.4, 0.5) is 4.39 Å². The zero-order chi connectivity index (χ0) is 20.5. The molecule has 0 radical (unpaired) electrons. The van der Waals surface area contributed by atoms with Gasteiger partial charge in [-0.25, -0.2) is 4.39 Å². The summed E-state index contributed by atoms with van der Waals surface area (Å²) in [6, 6.07) is 10.6. The average Bonchev–Trinajstić information content (AvgIpc) is 2.74. The number of hydrogen-bond donors (Lipinski definition) is 0. The van der Waals surface area contributed by atoms with Gasteiger partial charge >= 0.3 is 0 Å². The predicted octanol–water partition coefficient (Wildman–Crippen LogP) is 4.85. The van der Waals surface area contributed by atoms with Gasteiger partial charge in [-0.1, -0.05) is 35.3 Å². The van der Waals surface area contributed by atoms with E-state index in [1.54, 1.807) is 31.4 Å². The highest BCUT2D eigenvalue weighted by molar-refractivity contribution is 6.35. The molecule has 4 rings (SSSR count). The van der Waals surface area contributed by atoms with Crippen molar-refractivity contribution < 1.29 is 13.9 Å². The summed E-state index contributed by atoms with van der Waals surface area (Å²) in [4.78, 5) is 17.4. The molecule has 0 N–H and O–H groups in total. The van der Waals surface area contributed by atoms with Gasteiger partial charge < -0.3 is 9.64 Å². The van der Waals surface area contributed by atoms with E-state index >= 15 is 0 Å². The molecule has 2 aromatic rings. The molecular weight excluding hydrogens is 414 g/mol. The first kappa shape index (κ1) is 20.5. The van der Waals surface area contributed by atoms with Gasteiger partial charge in [-0.3, -0.25) is 9.69 Å². The van der Waals surface area contributed by atoms with Crippen molar-refractivity contribution in [1.82, 2.24) is 9.80 Å². The highest BCUT2D eigenvalue weighted by Gasteiger charge is 2.35. The predicted molar refractivity (Wildman–Crippen MR) is 113 cm³/mol. The minimum atomic E-state index is -0.382. The van der Waals surface area contributed by atoms with Crippen molar-refractivity contribution in [2.45, 2.75) is 24.8 Å². The van der Waals surface area contributed by atoms with E-state index in [1.807, 2.05) is 11.0 Å². The van der Waals surface area contributed by atoms with Crippen molar-refractivity contribution in [1.29, 1.82) is 0 Å². The number of halogens is 3. The molecule has 2 heterocycles. The molecule has 2 unspecified atom stereocenters. The first-order valence-electron chi connectivity index (χ1n) is 9.78. The minimum absolute atomic E-state index is 0.0546. The van der Waals surface area contributed by atoms with Crippen molar-refractivity contribution in [2.75, 3.05) is 33.3 Å². The highest BCUT2D eigenvalue weighted by Crippen LogP contribution is 2.34. The molecule has 1 amide bonds. The van der Waals surface area contributed by atoms with Gasteiger partial charge in [0.15, 0.2) is 0 Å².